The molecule has 0 heterocycles. The molecule has 0 fully saturated rings. The van der Waals surface area contributed by atoms with E-state index in [1.807, 2.05) is 0 Å². The summed E-state index contributed by atoms with van der Waals surface area (Å²) in [5.74, 6) is 0. The number of hydrogen-bond acceptors (Lipinski definition) is 0. The average Bonchev–Trinajstić information content (AvgIpc) is 2.21. The van der Waals surface area contributed by atoms with Crippen molar-refractivity contribution in [2.45, 2.75) is 80.1 Å². The molecular formula is C16H30. The fourth-order valence-corrected chi connectivity index (χ4v) is 1.63. The van der Waals surface area contributed by atoms with E-state index in [4.69, 9.17) is 0 Å². The van der Waals surface area contributed by atoms with E-state index in [2.05, 4.69) is 41.5 Å². The largest absolute Gasteiger partial charge is 0.0775 e. The van der Waals surface area contributed by atoms with Crippen LogP contribution >= 0.6 is 0 Å². The molecule has 0 amide bonds. The van der Waals surface area contributed by atoms with Gasteiger partial charge < -0.3 is 0 Å². The van der Waals surface area contributed by atoms with Crippen LogP contribution in [-0.2, 0) is 0 Å². The highest BCUT2D eigenvalue weighted by Crippen LogP contribution is 2.16. The standard InChI is InChI=1S/C16H30/c1-13(2)15(5)11-9-7-8-10-12-16(6)14(3)4/h7-12H2,1-6H3. The monoisotopic (exact) mass is 222 g/mol. The molecule has 0 aromatic carbocycles. The predicted molar refractivity (Wildman–Crippen MR) is 75.8 cm³/mol. The van der Waals surface area contributed by atoms with Gasteiger partial charge in [-0.2, -0.15) is 0 Å². The molecule has 0 N–H and O–H groups in total. The van der Waals surface area contributed by atoms with E-state index in [9.17, 15) is 0 Å². The Morgan fingerprint density at radius 3 is 1.06 bits per heavy atom. The van der Waals surface area contributed by atoms with Gasteiger partial charge in [0.25, 0.3) is 0 Å². The number of rotatable bonds is 7. The topological polar surface area (TPSA) is 0 Å². The van der Waals surface area contributed by atoms with Crippen LogP contribution in [0.3, 0.4) is 0 Å². The quantitative estimate of drug-likeness (QED) is 0.364. The van der Waals surface area contributed by atoms with Crippen LogP contribution < -0.4 is 0 Å². The van der Waals surface area contributed by atoms with Crippen LogP contribution in [0.4, 0.5) is 0 Å². The van der Waals surface area contributed by atoms with E-state index >= 15 is 0 Å². The molecule has 0 bridgehead atoms. The van der Waals surface area contributed by atoms with E-state index in [-0.39, 0.29) is 0 Å². The van der Waals surface area contributed by atoms with Gasteiger partial charge in [-0.1, -0.05) is 35.1 Å². The lowest BCUT2D eigenvalue weighted by atomic mass is 10.0. The zero-order chi connectivity index (χ0) is 12.6. The predicted octanol–water partition coefficient (Wildman–Crippen LogP) is 6.04. The fraction of sp³-hybridized carbons (Fsp3) is 0.750. The third-order valence-corrected chi connectivity index (χ3v) is 3.56. The minimum atomic E-state index is 1.30. The highest BCUT2D eigenvalue weighted by atomic mass is 14.0. The van der Waals surface area contributed by atoms with Crippen LogP contribution in [0.25, 0.3) is 0 Å². The van der Waals surface area contributed by atoms with Crippen LogP contribution in [0.2, 0.25) is 0 Å². The minimum absolute atomic E-state index is 1.30. The number of unbranched alkanes of at least 4 members (excludes halogenated alkanes) is 3. The van der Waals surface area contributed by atoms with Gasteiger partial charge in [-0.15, -0.1) is 0 Å². The van der Waals surface area contributed by atoms with Gasteiger partial charge >= 0.3 is 0 Å². The van der Waals surface area contributed by atoms with Crippen molar-refractivity contribution in [1.29, 1.82) is 0 Å². The van der Waals surface area contributed by atoms with E-state index in [1.54, 1.807) is 11.1 Å². The van der Waals surface area contributed by atoms with Crippen LogP contribution in [0.1, 0.15) is 80.1 Å². The van der Waals surface area contributed by atoms with Gasteiger partial charge in [-0.25, -0.2) is 0 Å². The summed E-state index contributed by atoms with van der Waals surface area (Å²) in [7, 11) is 0. The molecule has 0 atom stereocenters. The molecule has 0 radical (unpaired) electrons. The molecule has 0 aliphatic rings. The first-order valence-corrected chi connectivity index (χ1v) is 6.71. The Balaban J connectivity index is 3.50. The normalized spacial score (nSPS) is 10.1. The Hall–Kier alpha value is -0.520. The van der Waals surface area contributed by atoms with E-state index in [0.717, 1.165) is 0 Å². The van der Waals surface area contributed by atoms with E-state index in [1.165, 1.54) is 49.7 Å². The Morgan fingerprint density at radius 2 is 0.812 bits per heavy atom. The van der Waals surface area contributed by atoms with Gasteiger partial charge in [0.15, 0.2) is 0 Å². The first-order valence-electron chi connectivity index (χ1n) is 6.71. The van der Waals surface area contributed by atoms with Gasteiger partial charge in [0.1, 0.15) is 0 Å². The summed E-state index contributed by atoms with van der Waals surface area (Å²) in [6.45, 7) is 13.4. The minimum Gasteiger partial charge on any atom is -0.0775 e. The van der Waals surface area contributed by atoms with Crippen LogP contribution in [0.15, 0.2) is 22.3 Å². The molecule has 0 saturated carbocycles. The molecule has 0 nitrogen and oxygen atoms in total. The van der Waals surface area contributed by atoms with Crippen LogP contribution in [0.5, 0.6) is 0 Å². The molecule has 0 aliphatic carbocycles. The second-order valence-corrected chi connectivity index (χ2v) is 5.47. The summed E-state index contributed by atoms with van der Waals surface area (Å²) in [5, 5.41) is 0. The summed E-state index contributed by atoms with van der Waals surface area (Å²) in [6, 6.07) is 0. The van der Waals surface area contributed by atoms with Crippen LogP contribution in [0, 0.1) is 0 Å². The van der Waals surface area contributed by atoms with Gasteiger partial charge in [0.2, 0.25) is 0 Å². The molecule has 0 aliphatic heterocycles. The average molecular weight is 222 g/mol. The summed E-state index contributed by atoms with van der Waals surface area (Å²) in [5.41, 5.74) is 6.17. The molecular weight excluding hydrogens is 192 g/mol. The van der Waals surface area contributed by atoms with Crippen molar-refractivity contribution in [3.63, 3.8) is 0 Å². The van der Waals surface area contributed by atoms with Crippen molar-refractivity contribution in [2.75, 3.05) is 0 Å². The molecule has 0 aromatic rings. The Morgan fingerprint density at radius 1 is 0.500 bits per heavy atom. The SMILES string of the molecule is CC(C)=C(C)CCCCCCC(C)=C(C)C. The molecule has 0 heteroatoms. The maximum atomic E-state index is 2.27. The lowest BCUT2D eigenvalue weighted by Gasteiger charge is -2.05. The van der Waals surface area contributed by atoms with Crippen molar-refractivity contribution in [2.24, 2.45) is 0 Å². The van der Waals surface area contributed by atoms with Gasteiger partial charge in [-0.05, 0) is 67.2 Å². The molecule has 0 aromatic heterocycles. The molecule has 0 spiro atoms. The van der Waals surface area contributed by atoms with Crippen molar-refractivity contribution in [3.8, 4) is 0 Å². The van der Waals surface area contributed by atoms with Gasteiger partial charge in [0.05, 0.1) is 0 Å². The van der Waals surface area contributed by atoms with E-state index in [0.29, 0.717) is 0 Å². The summed E-state index contributed by atoms with van der Waals surface area (Å²) in [4.78, 5) is 0. The highest BCUT2D eigenvalue weighted by Gasteiger charge is 1.96. The maximum Gasteiger partial charge on any atom is -0.0321 e. The summed E-state index contributed by atoms with van der Waals surface area (Å²) in [6.07, 6.45) is 8.10. The highest BCUT2D eigenvalue weighted by molar-refractivity contribution is 5.06. The van der Waals surface area contributed by atoms with E-state index < -0.39 is 0 Å². The third-order valence-electron chi connectivity index (χ3n) is 3.56. The van der Waals surface area contributed by atoms with Gasteiger partial charge in [-0.3, -0.25) is 0 Å². The third kappa shape index (κ3) is 7.73. The zero-order valence-corrected chi connectivity index (χ0v) is 12.2. The molecule has 0 saturated heterocycles. The second kappa shape index (κ2) is 8.61. The smallest absolute Gasteiger partial charge is 0.0321 e. The van der Waals surface area contributed by atoms with Crippen molar-refractivity contribution in [3.05, 3.63) is 22.3 Å². The molecule has 0 rings (SSSR count). The summed E-state index contributed by atoms with van der Waals surface area (Å²) >= 11 is 0. The Bertz CT molecular complexity index is 217. The lowest BCUT2D eigenvalue weighted by molar-refractivity contribution is 0.634. The molecule has 16 heavy (non-hydrogen) atoms. The second-order valence-electron chi connectivity index (χ2n) is 5.47. The Kier molecular flexibility index (Phi) is 8.33. The Labute approximate surface area is 103 Å². The van der Waals surface area contributed by atoms with Crippen molar-refractivity contribution >= 4 is 0 Å². The zero-order valence-electron chi connectivity index (χ0n) is 12.2. The fourth-order valence-electron chi connectivity index (χ4n) is 1.63. The molecule has 0 unspecified atom stereocenters. The van der Waals surface area contributed by atoms with Crippen LogP contribution in [-0.4, -0.2) is 0 Å². The van der Waals surface area contributed by atoms with Gasteiger partial charge in [0, 0.05) is 0 Å². The lowest BCUT2D eigenvalue weighted by Crippen LogP contribution is -1.85. The van der Waals surface area contributed by atoms with Crippen molar-refractivity contribution < 1.29 is 0 Å². The van der Waals surface area contributed by atoms with Crippen molar-refractivity contribution in [1.82, 2.24) is 0 Å². The molecule has 94 valence electrons. The first kappa shape index (κ1) is 15.5. The number of hydrogen-bond donors (Lipinski definition) is 0. The first-order chi connectivity index (χ1) is 7.45. The maximum absolute atomic E-state index is 2.27. The number of allylic oxidation sites excluding steroid dienone is 4. The summed E-state index contributed by atoms with van der Waals surface area (Å²) < 4.78 is 0.